The van der Waals surface area contributed by atoms with Crippen molar-refractivity contribution in [2.24, 2.45) is 5.92 Å². The number of hydrogen-bond acceptors (Lipinski definition) is 2. The van der Waals surface area contributed by atoms with Gasteiger partial charge < -0.3 is 10.6 Å². The Morgan fingerprint density at radius 3 is 2.36 bits per heavy atom. The third kappa shape index (κ3) is 4.97. The molecule has 0 radical (unpaired) electrons. The van der Waals surface area contributed by atoms with E-state index in [-0.39, 0.29) is 0 Å². The van der Waals surface area contributed by atoms with Gasteiger partial charge in [0.05, 0.1) is 0 Å². The molecule has 0 aromatic carbocycles. The highest BCUT2D eigenvalue weighted by atomic mass is 15.0. The Bertz CT molecular complexity index is 128. The lowest BCUT2D eigenvalue weighted by Crippen LogP contribution is -2.37. The van der Waals surface area contributed by atoms with E-state index >= 15 is 0 Å². The molecule has 1 rings (SSSR count). The van der Waals surface area contributed by atoms with Gasteiger partial charge in [0, 0.05) is 12.6 Å². The smallest absolute Gasteiger partial charge is 0.0164 e. The van der Waals surface area contributed by atoms with E-state index < -0.39 is 0 Å². The minimum absolute atomic E-state index is 0.614. The first kappa shape index (κ1) is 12.0. The molecule has 14 heavy (non-hydrogen) atoms. The van der Waals surface area contributed by atoms with Gasteiger partial charge in [0.1, 0.15) is 0 Å². The molecule has 0 aliphatic heterocycles. The fourth-order valence-corrected chi connectivity index (χ4v) is 2.31. The predicted octanol–water partition coefficient (Wildman–Crippen LogP) is 2.15. The molecule has 0 aromatic heterocycles. The molecule has 84 valence electrons. The fraction of sp³-hybridized carbons (Fsp3) is 1.00. The SMILES string of the molecule is CNCC(C)NCC1CCCCCC1. The summed E-state index contributed by atoms with van der Waals surface area (Å²) < 4.78 is 0. The minimum atomic E-state index is 0.614. The number of hydrogen-bond donors (Lipinski definition) is 2. The van der Waals surface area contributed by atoms with Crippen LogP contribution in [0.1, 0.15) is 45.4 Å². The Morgan fingerprint density at radius 2 is 1.79 bits per heavy atom. The van der Waals surface area contributed by atoms with Crippen molar-refractivity contribution in [3.63, 3.8) is 0 Å². The molecule has 0 amide bonds. The van der Waals surface area contributed by atoms with Gasteiger partial charge in [-0.05, 0) is 39.3 Å². The third-order valence-electron chi connectivity index (χ3n) is 3.24. The highest BCUT2D eigenvalue weighted by Crippen LogP contribution is 2.22. The average molecular weight is 198 g/mol. The summed E-state index contributed by atoms with van der Waals surface area (Å²) in [6, 6.07) is 0.614. The summed E-state index contributed by atoms with van der Waals surface area (Å²) in [5, 5.41) is 6.82. The van der Waals surface area contributed by atoms with Gasteiger partial charge in [0.2, 0.25) is 0 Å². The van der Waals surface area contributed by atoms with Crippen molar-refractivity contribution in [3.8, 4) is 0 Å². The van der Waals surface area contributed by atoms with Crippen molar-refractivity contribution < 1.29 is 0 Å². The second kappa shape index (κ2) is 7.24. The van der Waals surface area contributed by atoms with Crippen LogP contribution in [-0.4, -0.2) is 26.2 Å². The maximum Gasteiger partial charge on any atom is 0.0164 e. The first-order valence-corrected chi connectivity index (χ1v) is 6.21. The summed E-state index contributed by atoms with van der Waals surface area (Å²) in [6.45, 7) is 4.56. The molecule has 0 bridgehead atoms. The molecular formula is C12H26N2. The number of nitrogens with one attached hydrogen (secondary N) is 2. The van der Waals surface area contributed by atoms with Crippen LogP contribution in [0, 0.1) is 5.92 Å². The van der Waals surface area contributed by atoms with Crippen LogP contribution in [0.2, 0.25) is 0 Å². The molecule has 2 heteroatoms. The van der Waals surface area contributed by atoms with E-state index in [9.17, 15) is 0 Å². The normalized spacial score (nSPS) is 21.9. The van der Waals surface area contributed by atoms with Crippen LogP contribution in [0.4, 0.5) is 0 Å². The van der Waals surface area contributed by atoms with Gasteiger partial charge >= 0.3 is 0 Å². The van der Waals surface area contributed by atoms with Crippen LogP contribution in [0.5, 0.6) is 0 Å². The molecule has 0 aromatic rings. The van der Waals surface area contributed by atoms with E-state index in [1.807, 2.05) is 7.05 Å². The third-order valence-corrected chi connectivity index (χ3v) is 3.24. The lowest BCUT2D eigenvalue weighted by molar-refractivity contribution is 0.395. The fourth-order valence-electron chi connectivity index (χ4n) is 2.31. The summed E-state index contributed by atoms with van der Waals surface area (Å²) >= 11 is 0. The molecule has 1 atom stereocenters. The standard InChI is InChI=1S/C12H26N2/c1-11(9-13-2)14-10-12-7-5-3-4-6-8-12/h11-14H,3-10H2,1-2H3. The van der Waals surface area contributed by atoms with Gasteiger partial charge in [0.15, 0.2) is 0 Å². The second-order valence-electron chi connectivity index (χ2n) is 4.72. The quantitative estimate of drug-likeness (QED) is 0.662. The molecule has 1 unspecified atom stereocenters. The Morgan fingerprint density at radius 1 is 1.14 bits per heavy atom. The predicted molar refractivity (Wildman–Crippen MR) is 62.6 cm³/mol. The molecule has 0 spiro atoms. The molecule has 1 aliphatic carbocycles. The van der Waals surface area contributed by atoms with Crippen LogP contribution in [-0.2, 0) is 0 Å². The topological polar surface area (TPSA) is 24.1 Å². The zero-order valence-corrected chi connectivity index (χ0v) is 9.81. The largest absolute Gasteiger partial charge is 0.318 e. The van der Waals surface area contributed by atoms with E-state index in [1.54, 1.807) is 0 Å². The number of rotatable bonds is 5. The first-order valence-electron chi connectivity index (χ1n) is 6.21. The van der Waals surface area contributed by atoms with Crippen LogP contribution in [0.3, 0.4) is 0 Å². The van der Waals surface area contributed by atoms with Crippen LogP contribution in [0.25, 0.3) is 0 Å². The van der Waals surface area contributed by atoms with Gasteiger partial charge in [-0.1, -0.05) is 25.7 Å². The van der Waals surface area contributed by atoms with Crippen molar-refractivity contribution in [1.82, 2.24) is 10.6 Å². The maximum atomic E-state index is 3.62. The van der Waals surface area contributed by atoms with Gasteiger partial charge in [-0.15, -0.1) is 0 Å². The number of likely N-dealkylation sites (N-methyl/N-ethyl adjacent to an activating group) is 1. The van der Waals surface area contributed by atoms with Gasteiger partial charge in [-0.3, -0.25) is 0 Å². The van der Waals surface area contributed by atoms with Crippen molar-refractivity contribution in [2.45, 2.75) is 51.5 Å². The highest BCUT2D eigenvalue weighted by molar-refractivity contribution is 4.70. The molecule has 1 fully saturated rings. The van der Waals surface area contributed by atoms with Crippen molar-refractivity contribution in [1.29, 1.82) is 0 Å². The van der Waals surface area contributed by atoms with Gasteiger partial charge in [-0.25, -0.2) is 0 Å². The Hall–Kier alpha value is -0.0800. The lowest BCUT2D eigenvalue weighted by Gasteiger charge is -2.19. The molecule has 2 nitrogen and oxygen atoms in total. The molecular weight excluding hydrogens is 172 g/mol. The van der Waals surface area contributed by atoms with Crippen LogP contribution >= 0.6 is 0 Å². The average Bonchev–Trinajstić information content (AvgIpc) is 2.43. The van der Waals surface area contributed by atoms with E-state index in [4.69, 9.17) is 0 Å². The van der Waals surface area contributed by atoms with E-state index in [1.165, 1.54) is 45.1 Å². The zero-order chi connectivity index (χ0) is 10.2. The monoisotopic (exact) mass is 198 g/mol. The van der Waals surface area contributed by atoms with E-state index in [0.29, 0.717) is 6.04 Å². The lowest BCUT2D eigenvalue weighted by atomic mass is 10.0. The molecule has 2 N–H and O–H groups in total. The molecule has 1 aliphatic rings. The minimum Gasteiger partial charge on any atom is -0.318 e. The summed E-state index contributed by atoms with van der Waals surface area (Å²) in [4.78, 5) is 0. The van der Waals surface area contributed by atoms with Crippen molar-refractivity contribution in [2.75, 3.05) is 20.1 Å². The van der Waals surface area contributed by atoms with E-state index in [0.717, 1.165) is 12.5 Å². The molecule has 0 saturated heterocycles. The Labute approximate surface area is 88.8 Å². The van der Waals surface area contributed by atoms with Gasteiger partial charge in [0.25, 0.3) is 0 Å². The second-order valence-corrected chi connectivity index (χ2v) is 4.72. The summed E-state index contributed by atoms with van der Waals surface area (Å²) in [5.74, 6) is 0.941. The Kier molecular flexibility index (Phi) is 6.20. The summed E-state index contributed by atoms with van der Waals surface area (Å²) in [6.07, 6.45) is 8.71. The highest BCUT2D eigenvalue weighted by Gasteiger charge is 2.12. The Balaban J connectivity index is 2.09. The van der Waals surface area contributed by atoms with Crippen LogP contribution < -0.4 is 10.6 Å². The van der Waals surface area contributed by atoms with Crippen LogP contribution in [0.15, 0.2) is 0 Å². The van der Waals surface area contributed by atoms with Crippen molar-refractivity contribution in [3.05, 3.63) is 0 Å². The molecule has 0 heterocycles. The molecule has 1 saturated carbocycles. The summed E-state index contributed by atoms with van der Waals surface area (Å²) in [5.41, 5.74) is 0. The summed E-state index contributed by atoms with van der Waals surface area (Å²) in [7, 11) is 2.02. The zero-order valence-electron chi connectivity index (χ0n) is 9.81. The maximum absolute atomic E-state index is 3.62. The van der Waals surface area contributed by atoms with Crippen molar-refractivity contribution >= 4 is 0 Å². The van der Waals surface area contributed by atoms with E-state index in [2.05, 4.69) is 17.6 Å². The van der Waals surface area contributed by atoms with Gasteiger partial charge in [-0.2, -0.15) is 0 Å². The first-order chi connectivity index (χ1) is 6.83.